The van der Waals surface area contributed by atoms with Crippen LogP contribution < -0.4 is 0 Å². The molecule has 88 valence electrons. The van der Waals surface area contributed by atoms with E-state index in [0.29, 0.717) is 0 Å². The zero-order valence-electron chi connectivity index (χ0n) is 10.7. The smallest absolute Gasteiger partial charge is 0.0950 e. The van der Waals surface area contributed by atoms with Crippen LogP contribution in [-0.2, 0) is 0 Å². The van der Waals surface area contributed by atoms with Gasteiger partial charge >= 0.3 is 0 Å². The van der Waals surface area contributed by atoms with Crippen molar-refractivity contribution in [1.29, 1.82) is 5.26 Å². The van der Waals surface area contributed by atoms with Gasteiger partial charge in [0.15, 0.2) is 0 Å². The molecule has 1 saturated carbocycles. The molecule has 0 spiro atoms. The Balaban J connectivity index is 2.92. The Kier molecular flexibility index (Phi) is 5.93. The minimum atomic E-state index is 0.954. The third kappa shape index (κ3) is 3.52. The maximum Gasteiger partial charge on any atom is 0.0950 e. The SMILES string of the molecule is CCC/C=C1\CCCC\C1=C(\C#N)CCC. The molecule has 0 unspecified atom stereocenters. The molecule has 1 aliphatic carbocycles. The zero-order valence-corrected chi connectivity index (χ0v) is 10.7. The lowest BCUT2D eigenvalue weighted by Gasteiger charge is -2.20. The van der Waals surface area contributed by atoms with E-state index in [4.69, 9.17) is 0 Å². The fraction of sp³-hybridized carbons (Fsp3) is 0.667. The van der Waals surface area contributed by atoms with Crippen molar-refractivity contribution in [3.8, 4) is 6.07 Å². The summed E-state index contributed by atoms with van der Waals surface area (Å²) in [7, 11) is 0. The zero-order chi connectivity index (χ0) is 11.8. The molecule has 0 N–H and O–H groups in total. The summed E-state index contributed by atoms with van der Waals surface area (Å²) in [5.41, 5.74) is 3.90. The summed E-state index contributed by atoms with van der Waals surface area (Å²) < 4.78 is 0. The molecule has 0 heterocycles. The summed E-state index contributed by atoms with van der Waals surface area (Å²) in [5, 5.41) is 9.22. The van der Waals surface area contributed by atoms with Crippen LogP contribution in [0.4, 0.5) is 0 Å². The highest BCUT2D eigenvalue weighted by molar-refractivity contribution is 5.42. The molecule has 0 aliphatic heterocycles. The molecule has 0 radical (unpaired) electrons. The summed E-state index contributed by atoms with van der Waals surface area (Å²) >= 11 is 0. The summed E-state index contributed by atoms with van der Waals surface area (Å²) in [5.74, 6) is 0. The van der Waals surface area contributed by atoms with Gasteiger partial charge in [-0.15, -0.1) is 0 Å². The van der Waals surface area contributed by atoms with Crippen LogP contribution in [0.3, 0.4) is 0 Å². The molecule has 1 rings (SSSR count). The van der Waals surface area contributed by atoms with E-state index in [1.165, 1.54) is 36.8 Å². The molecule has 0 amide bonds. The molecule has 0 atom stereocenters. The first-order chi connectivity index (χ1) is 7.83. The van der Waals surface area contributed by atoms with Gasteiger partial charge in [0.25, 0.3) is 0 Å². The number of nitriles is 1. The average Bonchev–Trinajstić information content (AvgIpc) is 2.34. The third-order valence-electron chi connectivity index (χ3n) is 3.19. The van der Waals surface area contributed by atoms with Gasteiger partial charge in [0.1, 0.15) is 0 Å². The second-order valence-corrected chi connectivity index (χ2v) is 4.54. The van der Waals surface area contributed by atoms with Crippen LogP contribution in [0.25, 0.3) is 0 Å². The van der Waals surface area contributed by atoms with Gasteiger partial charge in [-0.2, -0.15) is 5.26 Å². The van der Waals surface area contributed by atoms with Crippen molar-refractivity contribution in [2.75, 3.05) is 0 Å². The van der Waals surface area contributed by atoms with Crippen molar-refractivity contribution in [1.82, 2.24) is 0 Å². The number of hydrogen-bond donors (Lipinski definition) is 0. The summed E-state index contributed by atoms with van der Waals surface area (Å²) in [4.78, 5) is 0. The largest absolute Gasteiger partial charge is 0.193 e. The number of nitrogens with zero attached hydrogens (tertiary/aromatic N) is 1. The molecule has 0 saturated heterocycles. The van der Waals surface area contributed by atoms with E-state index < -0.39 is 0 Å². The number of hydrogen-bond acceptors (Lipinski definition) is 1. The Labute approximate surface area is 99.9 Å². The Morgan fingerprint density at radius 3 is 2.62 bits per heavy atom. The molecule has 1 aliphatic rings. The molecule has 1 heteroatoms. The van der Waals surface area contributed by atoms with Gasteiger partial charge in [0.05, 0.1) is 6.07 Å². The average molecular weight is 217 g/mol. The van der Waals surface area contributed by atoms with E-state index in [9.17, 15) is 5.26 Å². The second kappa shape index (κ2) is 7.28. The third-order valence-corrected chi connectivity index (χ3v) is 3.19. The number of rotatable bonds is 4. The lowest BCUT2D eigenvalue weighted by Crippen LogP contribution is -2.02. The summed E-state index contributed by atoms with van der Waals surface area (Å²) in [6.45, 7) is 4.36. The molecule has 16 heavy (non-hydrogen) atoms. The van der Waals surface area contributed by atoms with Crippen molar-refractivity contribution >= 4 is 0 Å². The first-order valence-corrected chi connectivity index (χ1v) is 6.65. The fourth-order valence-corrected chi connectivity index (χ4v) is 2.34. The van der Waals surface area contributed by atoms with Crippen LogP contribution in [0.2, 0.25) is 0 Å². The van der Waals surface area contributed by atoms with Gasteiger partial charge in [0, 0.05) is 5.57 Å². The number of unbranched alkanes of at least 4 members (excludes halogenated alkanes) is 1. The Hall–Kier alpha value is -1.03. The van der Waals surface area contributed by atoms with E-state index >= 15 is 0 Å². The van der Waals surface area contributed by atoms with E-state index in [1.807, 2.05) is 0 Å². The minimum absolute atomic E-state index is 0.954. The van der Waals surface area contributed by atoms with Gasteiger partial charge in [-0.1, -0.05) is 32.8 Å². The van der Waals surface area contributed by atoms with Crippen LogP contribution >= 0.6 is 0 Å². The van der Waals surface area contributed by atoms with E-state index in [2.05, 4.69) is 26.0 Å². The predicted molar refractivity (Wildman–Crippen MR) is 69.0 cm³/mol. The maximum absolute atomic E-state index is 9.22. The molecule has 0 bridgehead atoms. The predicted octanol–water partition coefficient (Wildman–Crippen LogP) is 4.91. The highest BCUT2D eigenvalue weighted by Gasteiger charge is 2.15. The van der Waals surface area contributed by atoms with Gasteiger partial charge in [-0.25, -0.2) is 0 Å². The normalized spacial score (nSPS) is 21.9. The van der Waals surface area contributed by atoms with Crippen LogP contribution in [0.1, 0.15) is 65.2 Å². The molecule has 0 aromatic carbocycles. The van der Waals surface area contributed by atoms with Crippen molar-refractivity contribution in [2.45, 2.75) is 65.2 Å². The van der Waals surface area contributed by atoms with Gasteiger partial charge in [0.2, 0.25) is 0 Å². The first-order valence-electron chi connectivity index (χ1n) is 6.65. The topological polar surface area (TPSA) is 23.8 Å². The minimum Gasteiger partial charge on any atom is -0.193 e. The molecule has 0 aromatic rings. The number of allylic oxidation sites excluding steroid dienone is 4. The summed E-state index contributed by atoms with van der Waals surface area (Å²) in [6, 6.07) is 2.42. The van der Waals surface area contributed by atoms with Gasteiger partial charge < -0.3 is 0 Å². The molecular weight excluding hydrogens is 194 g/mol. The fourth-order valence-electron chi connectivity index (χ4n) is 2.34. The van der Waals surface area contributed by atoms with Gasteiger partial charge in [-0.3, -0.25) is 0 Å². The quantitative estimate of drug-likeness (QED) is 0.614. The van der Waals surface area contributed by atoms with Gasteiger partial charge in [-0.05, 0) is 49.7 Å². The standard InChI is InChI=1S/C15H23N/c1-3-5-9-13-10-6-7-11-15(13)14(12-16)8-4-2/h9H,3-8,10-11H2,1-2H3/b13-9+,15-14-. The van der Waals surface area contributed by atoms with E-state index in [1.54, 1.807) is 0 Å². The highest BCUT2D eigenvalue weighted by Crippen LogP contribution is 2.32. The maximum atomic E-state index is 9.22. The molecule has 1 fully saturated rings. The molecular formula is C15H23N. The van der Waals surface area contributed by atoms with Crippen LogP contribution in [0.5, 0.6) is 0 Å². The van der Waals surface area contributed by atoms with Crippen molar-refractivity contribution in [2.24, 2.45) is 0 Å². The Morgan fingerprint density at radius 2 is 2.00 bits per heavy atom. The van der Waals surface area contributed by atoms with Crippen LogP contribution in [-0.4, -0.2) is 0 Å². The first kappa shape index (κ1) is 13.0. The second-order valence-electron chi connectivity index (χ2n) is 4.54. The van der Waals surface area contributed by atoms with Crippen molar-refractivity contribution in [3.05, 3.63) is 22.8 Å². The van der Waals surface area contributed by atoms with Crippen molar-refractivity contribution < 1.29 is 0 Å². The van der Waals surface area contributed by atoms with Crippen LogP contribution in [0, 0.1) is 11.3 Å². The van der Waals surface area contributed by atoms with Crippen LogP contribution in [0.15, 0.2) is 22.8 Å². The lowest BCUT2D eigenvalue weighted by atomic mass is 9.85. The molecule has 1 nitrogen and oxygen atoms in total. The van der Waals surface area contributed by atoms with E-state index in [0.717, 1.165) is 31.3 Å². The Morgan fingerprint density at radius 1 is 1.25 bits per heavy atom. The highest BCUT2D eigenvalue weighted by atomic mass is 14.3. The van der Waals surface area contributed by atoms with E-state index in [-0.39, 0.29) is 0 Å². The lowest BCUT2D eigenvalue weighted by molar-refractivity contribution is 0.667. The Bertz CT molecular complexity index is 315. The van der Waals surface area contributed by atoms with Crippen molar-refractivity contribution in [3.63, 3.8) is 0 Å². The molecule has 0 aromatic heterocycles. The monoisotopic (exact) mass is 217 g/mol. The summed E-state index contributed by atoms with van der Waals surface area (Å²) in [6.07, 6.45) is 11.6.